The molecule has 0 amide bonds. The van der Waals surface area contributed by atoms with Crippen LogP contribution in [0.4, 0.5) is 11.9 Å². The van der Waals surface area contributed by atoms with E-state index in [1.165, 1.54) is 25.7 Å². The Labute approximate surface area is 147 Å². The summed E-state index contributed by atoms with van der Waals surface area (Å²) < 4.78 is 0. The maximum atomic E-state index is 4.63. The monoisotopic (exact) mass is 334 g/mol. The van der Waals surface area contributed by atoms with Crippen LogP contribution in [0.2, 0.25) is 0 Å². The lowest BCUT2D eigenvalue weighted by atomic mass is 10.2. The first kappa shape index (κ1) is 15.9. The van der Waals surface area contributed by atoms with Gasteiger partial charge in [-0.05, 0) is 63.5 Å². The van der Waals surface area contributed by atoms with Crippen LogP contribution in [0, 0.1) is 11.8 Å². The fraction of sp³-hybridized carbons (Fsp3) is 0.421. The van der Waals surface area contributed by atoms with Crippen molar-refractivity contribution in [3.8, 4) is 11.4 Å². The fourth-order valence-electron chi connectivity index (χ4n) is 2.69. The summed E-state index contributed by atoms with van der Waals surface area (Å²) in [6.45, 7) is 4.10. The van der Waals surface area contributed by atoms with Crippen molar-refractivity contribution in [2.75, 3.05) is 5.32 Å². The third-order valence-electron chi connectivity index (χ3n) is 4.42. The summed E-state index contributed by atoms with van der Waals surface area (Å²) in [7, 11) is 0. The van der Waals surface area contributed by atoms with Crippen LogP contribution < -0.4 is 5.32 Å². The molecular weight excluding hydrogens is 312 g/mol. The molecule has 0 saturated heterocycles. The Bertz CT molecular complexity index is 819. The van der Waals surface area contributed by atoms with E-state index >= 15 is 0 Å². The SMILES string of the molecule is CC(=CC1CC1)Nc1nc(/N=C(\C)C2CC2)nc(-c2ccncc2)n1. The Morgan fingerprint density at radius 3 is 2.52 bits per heavy atom. The molecule has 0 unspecified atom stereocenters. The standard InChI is InChI=1S/C19H22N6/c1-12(11-14-3-4-14)21-18-23-17(16-7-9-20-10-8-16)24-19(25-18)22-13(2)15-5-6-15/h7-11,14-15H,3-6H2,1-2H3,(H,21,23,24,25)/b12-11?,22-13+. The Kier molecular flexibility index (Phi) is 4.26. The molecule has 2 aromatic rings. The minimum atomic E-state index is 0.466. The van der Waals surface area contributed by atoms with Gasteiger partial charge in [-0.25, -0.2) is 4.99 Å². The molecule has 6 heteroatoms. The average molecular weight is 334 g/mol. The predicted molar refractivity (Wildman–Crippen MR) is 98.7 cm³/mol. The molecule has 2 aromatic heterocycles. The van der Waals surface area contributed by atoms with Crippen LogP contribution in [0.15, 0.2) is 41.3 Å². The Morgan fingerprint density at radius 1 is 1.08 bits per heavy atom. The molecule has 25 heavy (non-hydrogen) atoms. The van der Waals surface area contributed by atoms with Gasteiger partial charge in [-0.3, -0.25) is 4.98 Å². The summed E-state index contributed by atoms with van der Waals surface area (Å²) in [5, 5.41) is 3.30. The highest BCUT2D eigenvalue weighted by Crippen LogP contribution is 2.32. The summed E-state index contributed by atoms with van der Waals surface area (Å²) in [5.41, 5.74) is 3.08. The van der Waals surface area contributed by atoms with Crippen molar-refractivity contribution in [2.24, 2.45) is 16.8 Å². The van der Waals surface area contributed by atoms with Gasteiger partial charge in [-0.1, -0.05) is 6.08 Å². The number of nitrogens with zero attached hydrogens (tertiary/aromatic N) is 5. The molecule has 2 saturated carbocycles. The second kappa shape index (κ2) is 6.70. The van der Waals surface area contributed by atoms with Crippen LogP contribution in [0.5, 0.6) is 0 Å². The second-order valence-corrected chi connectivity index (χ2v) is 6.86. The molecule has 0 spiro atoms. The molecular formula is C19H22N6. The van der Waals surface area contributed by atoms with E-state index in [0.29, 0.717) is 29.6 Å². The summed E-state index contributed by atoms with van der Waals surface area (Å²) in [5.74, 6) is 2.91. The lowest BCUT2D eigenvalue weighted by Crippen LogP contribution is -2.05. The Balaban J connectivity index is 1.67. The fourth-order valence-corrected chi connectivity index (χ4v) is 2.69. The molecule has 4 rings (SSSR count). The number of allylic oxidation sites excluding steroid dienone is 2. The zero-order valence-corrected chi connectivity index (χ0v) is 14.6. The van der Waals surface area contributed by atoms with E-state index in [2.05, 4.69) is 43.2 Å². The van der Waals surface area contributed by atoms with Crippen molar-refractivity contribution in [2.45, 2.75) is 39.5 Å². The Morgan fingerprint density at radius 2 is 1.84 bits per heavy atom. The van der Waals surface area contributed by atoms with Gasteiger partial charge in [0.1, 0.15) is 0 Å². The number of hydrogen-bond acceptors (Lipinski definition) is 6. The van der Waals surface area contributed by atoms with E-state index in [0.717, 1.165) is 17.0 Å². The first-order valence-corrected chi connectivity index (χ1v) is 8.84. The van der Waals surface area contributed by atoms with Crippen LogP contribution in [0.1, 0.15) is 39.5 Å². The lowest BCUT2D eigenvalue weighted by molar-refractivity contribution is 1.02. The van der Waals surface area contributed by atoms with E-state index in [4.69, 9.17) is 0 Å². The van der Waals surface area contributed by atoms with Crippen molar-refractivity contribution < 1.29 is 0 Å². The molecule has 6 nitrogen and oxygen atoms in total. The summed E-state index contributed by atoms with van der Waals surface area (Å²) >= 11 is 0. The van der Waals surface area contributed by atoms with E-state index in [1.54, 1.807) is 12.4 Å². The topological polar surface area (TPSA) is 76.0 Å². The van der Waals surface area contributed by atoms with Crippen molar-refractivity contribution in [3.05, 3.63) is 36.3 Å². The summed E-state index contributed by atoms with van der Waals surface area (Å²) in [4.78, 5) is 22.3. The van der Waals surface area contributed by atoms with Gasteiger partial charge in [0.2, 0.25) is 5.95 Å². The van der Waals surface area contributed by atoms with E-state index < -0.39 is 0 Å². The first-order valence-electron chi connectivity index (χ1n) is 8.84. The van der Waals surface area contributed by atoms with Gasteiger partial charge in [0.15, 0.2) is 5.82 Å². The van der Waals surface area contributed by atoms with Gasteiger partial charge in [0, 0.05) is 29.4 Å². The minimum Gasteiger partial charge on any atom is -0.328 e. The highest BCUT2D eigenvalue weighted by atomic mass is 15.2. The molecule has 2 aliphatic carbocycles. The van der Waals surface area contributed by atoms with Gasteiger partial charge >= 0.3 is 0 Å². The first-order chi connectivity index (χ1) is 12.2. The predicted octanol–water partition coefficient (Wildman–Crippen LogP) is 4.16. The number of nitrogens with one attached hydrogen (secondary N) is 1. The highest BCUT2D eigenvalue weighted by Gasteiger charge is 2.25. The van der Waals surface area contributed by atoms with Gasteiger partial charge in [-0.2, -0.15) is 15.0 Å². The van der Waals surface area contributed by atoms with E-state index in [-0.39, 0.29) is 0 Å². The largest absolute Gasteiger partial charge is 0.328 e. The highest BCUT2D eigenvalue weighted by molar-refractivity contribution is 5.88. The molecule has 0 aromatic carbocycles. The zero-order chi connectivity index (χ0) is 17.2. The second-order valence-electron chi connectivity index (χ2n) is 6.86. The van der Waals surface area contributed by atoms with Gasteiger partial charge in [-0.15, -0.1) is 0 Å². The average Bonchev–Trinajstić information content (AvgIpc) is 3.49. The maximum absolute atomic E-state index is 4.63. The lowest BCUT2D eigenvalue weighted by Gasteiger charge is -2.08. The van der Waals surface area contributed by atoms with Crippen molar-refractivity contribution in [1.82, 2.24) is 19.9 Å². The van der Waals surface area contributed by atoms with Crippen LogP contribution >= 0.6 is 0 Å². The normalized spacial score (nSPS) is 18.3. The molecule has 2 heterocycles. The van der Waals surface area contributed by atoms with Crippen LogP contribution in [0.3, 0.4) is 0 Å². The molecule has 2 aliphatic rings. The van der Waals surface area contributed by atoms with E-state index in [1.807, 2.05) is 19.1 Å². The molecule has 1 N–H and O–H groups in total. The molecule has 0 bridgehead atoms. The molecule has 128 valence electrons. The van der Waals surface area contributed by atoms with E-state index in [9.17, 15) is 0 Å². The van der Waals surface area contributed by atoms with Crippen LogP contribution in [0.25, 0.3) is 11.4 Å². The maximum Gasteiger partial charge on any atom is 0.254 e. The smallest absolute Gasteiger partial charge is 0.254 e. The Hall–Kier alpha value is -2.63. The number of anilines is 1. The zero-order valence-electron chi connectivity index (χ0n) is 14.6. The summed E-state index contributed by atoms with van der Waals surface area (Å²) in [6, 6.07) is 3.79. The van der Waals surface area contributed by atoms with Crippen molar-refractivity contribution in [3.63, 3.8) is 0 Å². The molecule has 0 radical (unpaired) electrons. The van der Waals surface area contributed by atoms with Gasteiger partial charge in [0.05, 0.1) is 0 Å². The number of aliphatic imine (C=N–C) groups is 1. The third kappa shape index (κ3) is 4.26. The molecule has 2 fully saturated rings. The molecule has 0 atom stereocenters. The number of rotatable bonds is 6. The third-order valence-corrected chi connectivity index (χ3v) is 4.42. The molecule has 0 aliphatic heterocycles. The van der Waals surface area contributed by atoms with Gasteiger partial charge < -0.3 is 5.32 Å². The van der Waals surface area contributed by atoms with Crippen molar-refractivity contribution >= 4 is 17.6 Å². The van der Waals surface area contributed by atoms with Crippen molar-refractivity contribution in [1.29, 1.82) is 0 Å². The number of hydrogen-bond donors (Lipinski definition) is 1. The quantitative estimate of drug-likeness (QED) is 0.803. The minimum absolute atomic E-state index is 0.466. The number of pyridine rings is 1. The van der Waals surface area contributed by atoms with Crippen LogP contribution in [-0.2, 0) is 0 Å². The number of aromatic nitrogens is 4. The summed E-state index contributed by atoms with van der Waals surface area (Å²) in [6.07, 6.45) is 10.7. The van der Waals surface area contributed by atoms with Crippen LogP contribution in [-0.4, -0.2) is 25.6 Å². The van der Waals surface area contributed by atoms with Gasteiger partial charge in [0.25, 0.3) is 5.95 Å².